The van der Waals surface area contributed by atoms with Gasteiger partial charge in [-0.05, 0) is 233 Å². The monoisotopic (exact) mass is 1630 g/mol. The molecule has 0 unspecified atom stereocenters. The summed E-state index contributed by atoms with van der Waals surface area (Å²) in [5.74, 6) is 0. The highest BCUT2D eigenvalue weighted by Gasteiger charge is 2.62. The molecule has 0 radical (unpaired) electrons. The van der Waals surface area contributed by atoms with E-state index in [1.54, 1.807) is 0 Å². The van der Waals surface area contributed by atoms with Gasteiger partial charge in [-0.3, -0.25) is 0 Å². The molecule has 2 nitrogen and oxygen atoms in total. The highest BCUT2D eigenvalue weighted by atomic mass is 35.5. The molecule has 0 fully saturated rings. The summed E-state index contributed by atoms with van der Waals surface area (Å²) in [5, 5.41) is 4.23. The summed E-state index contributed by atoms with van der Waals surface area (Å²) in [4.78, 5) is 2.51. The van der Waals surface area contributed by atoms with Crippen LogP contribution in [0.25, 0.3) is 89.0 Å². The minimum atomic E-state index is -0.624. The molecule has 4 spiro atoms. The molecule has 6 aliphatic carbocycles. The third-order valence-electron chi connectivity index (χ3n) is 27.9. The van der Waals surface area contributed by atoms with E-state index in [0.29, 0.717) is 0 Å². The number of hydrogen-bond donors (Lipinski definition) is 1. The standard InChI is InChI=1S/C62H41N.C38H23Cl.C24H19N/c1-3-18-42(19-4-1)43-34-36-44(37-35-43)45-38-40-47(41-39-45)63(46-20-5-2-6-21-46)59-33-17-32-58-60(59)62(54-28-13-9-24-50(54)51-25-10-14-29-55(51)62)57-31-16-15-30-56(57)61(58)52-26-11-7-22-48(52)49-23-8-12-27-53(49)61;39-35-23-11-22-34-36(35)38(30-18-7-3-14-26(30)27-15-4-8-19-31(27)38)33-21-10-9-20-32(33)37(34)28-16-5-1-12-24(28)25-13-2-6-17-29(25)37;1-3-7-19(8-4-1)20-11-13-21(14-12-20)22-15-17-24(18-16-22)25-23-9-5-2-6-10-23/h1-41H;1-23H;1-18,25H. The first-order chi connectivity index (χ1) is 62.9. The fraction of sp³-hybridized carbons (Fsp3) is 0.0323. The summed E-state index contributed by atoms with van der Waals surface area (Å²) in [6.45, 7) is 0. The molecule has 127 heavy (non-hydrogen) atoms. The lowest BCUT2D eigenvalue weighted by Crippen LogP contribution is -2.44. The van der Waals surface area contributed by atoms with Crippen LogP contribution in [0.5, 0.6) is 0 Å². The largest absolute Gasteiger partial charge is 0.356 e. The molecular weight excluding hydrogens is 1550 g/mol. The second-order valence-corrected chi connectivity index (χ2v) is 34.4. The molecule has 0 saturated carbocycles. The number of para-hydroxylation sites is 2. The van der Waals surface area contributed by atoms with Crippen molar-refractivity contribution in [1.82, 2.24) is 0 Å². The zero-order valence-electron chi connectivity index (χ0n) is 69.7. The van der Waals surface area contributed by atoms with E-state index >= 15 is 0 Å². The van der Waals surface area contributed by atoms with Crippen molar-refractivity contribution in [2.24, 2.45) is 0 Å². The third kappa shape index (κ3) is 11.3. The van der Waals surface area contributed by atoms with Gasteiger partial charge in [0.1, 0.15) is 0 Å². The Morgan fingerprint density at radius 1 is 0.157 bits per heavy atom. The summed E-state index contributed by atoms with van der Waals surface area (Å²) in [5.41, 5.74) is 44.6. The van der Waals surface area contributed by atoms with Crippen LogP contribution >= 0.6 is 11.6 Å². The molecule has 0 amide bonds. The number of halogens is 1. The number of anilines is 5. The van der Waals surface area contributed by atoms with Crippen LogP contribution in [-0.2, 0) is 21.7 Å². The topological polar surface area (TPSA) is 15.3 Å². The number of nitrogens with one attached hydrogen (secondary N) is 1. The summed E-state index contributed by atoms with van der Waals surface area (Å²) >= 11 is 7.43. The minimum absolute atomic E-state index is 0.457. The fourth-order valence-electron chi connectivity index (χ4n) is 22.9. The predicted octanol–water partition coefficient (Wildman–Crippen LogP) is 31.7. The highest BCUT2D eigenvalue weighted by molar-refractivity contribution is 6.32. The van der Waals surface area contributed by atoms with Gasteiger partial charge in [-0.25, -0.2) is 0 Å². The number of rotatable bonds is 9. The van der Waals surface area contributed by atoms with Crippen molar-refractivity contribution < 1.29 is 0 Å². The van der Waals surface area contributed by atoms with Crippen molar-refractivity contribution in [2.45, 2.75) is 21.7 Å². The van der Waals surface area contributed by atoms with Crippen molar-refractivity contribution in [2.75, 3.05) is 10.2 Å². The Hall–Kier alpha value is -15.7. The van der Waals surface area contributed by atoms with Crippen molar-refractivity contribution in [3.8, 4) is 89.0 Å². The van der Waals surface area contributed by atoms with Crippen LogP contribution in [0.2, 0.25) is 5.02 Å². The van der Waals surface area contributed by atoms with Crippen molar-refractivity contribution in [3.05, 3.63) is 591 Å². The molecule has 596 valence electrons. The Balaban J connectivity index is 0.000000119. The van der Waals surface area contributed by atoms with E-state index in [-0.39, 0.29) is 0 Å². The van der Waals surface area contributed by atoms with Gasteiger partial charge in [-0.2, -0.15) is 0 Å². The van der Waals surface area contributed by atoms with Gasteiger partial charge in [0.15, 0.2) is 0 Å². The van der Waals surface area contributed by atoms with Gasteiger partial charge in [-0.1, -0.05) is 448 Å². The summed E-state index contributed by atoms with van der Waals surface area (Å²) < 4.78 is 0. The zero-order valence-corrected chi connectivity index (χ0v) is 70.4. The van der Waals surface area contributed by atoms with Crippen LogP contribution < -0.4 is 10.2 Å². The second kappa shape index (κ2) is 30.4. The average Bonchev–Trinajstić information content (AvgIpc) is 1.52. The fourth-order valence-corrected chi connectivity index (χ4v) is 23.2. The zero-order chi connectivity index (χ0) is 84.2. The van der Waals surface area contributed by atoms with Gasteiger partial charge in [0.25, 0.3) is 0 Å². The number of fused-ring (bicyclic) bond motifs is 32. The van der Waals surface area contributed by atoms with Crippen LogP contribution in [0.3, 0.4) is 0 Å². The van der Waals surface area contributed by atoms with Crippen molar-refractivity contribution in [3.63, 3.8) is 0 Å². The predicted molar refractivity (Wildman–Crippen MR) is 527 cm³/mol. The Bertz CT molecular complexity index is 7460. The molecule has 1 N–H and O–H groups in total. The SMILES string of the molecule is Clc1cccc2c1C1(c3ccccc3-c3ccccc31)c1ccccc1C21c2ccccc2-c2ccccc21.c1ccc(-c2ccc(-c3ccc(N(c4ccccc4)c4cccc5c4C4(c6ccccc6-c6ccccc64)c4ccccc4C54c5ccccc5-c5ccccc54)cc3)cc2)cc1.c1ccc(Nc2ccc(-c3ccc(-c4ccccc4)cc3)cc2)cc1. The molecule has 0 aromatic heterocycles. The quantitative estimate of drug-likeness (QED) is 0.155. The van der Waals surface area contributed by atoms with Gasteiger partial charge in [-0.15, -0.1) is 0 Å². The number of nitrogens with zero attached hydrogens (tertiary/aromatic N) is 1. The molecule has 3 heteroatoms. The highest BCUT2D eigenvalue weighted by Crippen LogP contribution is 2.71. The lowest BCUT2D eigenvalue weighted by atomic mass is 9.52. The normalized spacial score (nSPS) is 13.8. The lowest BCUT2D eigenvalue weighted by molar-refractivity contribution is 0.633. The molecule has 26 rings (SSSR count). The van der Waals surface area contributed by atoms with Gasteiger partial charge >= 0.3 is 0 Å². The van der Waals surface area contributed by atoms with Gasteiger partial charge in [0.2, 0.25) is 0 Å². The smallest absolute Gasteiger partial charge is 0.0740 e. The first-order valence-corrected chi connectivity index (χ1v) is 44.4. The van der Waals surface area contributed by atoms with E-state index < -0.39 is 21.7 Å². The molecular formula is C124H83ClN2. The Morgan fingerprint density at radius 2 is 0.378 bits per heavy atom. The first kappa shape index (κ1) is 75.1. The average molecular weight is 1640 g/mol. The van der Waals surface area contributed by atoms with Crippen LogP contribution in [0.1, 0.15) is 89.0 Å². The van der Waals surface area contributed by atoms with Crippen LogP contribution in [0, 0.1) is 0 Å². The van der Waals surface area contributed by atoms with E-state index in [2.05, 4.69) is 483 Å². The third-order valence-corrected chi connectivity index (χ3v) is 28.2. The van der Waals surface area contributed by atoms with E-state index in [1.165, 1.54) is 184 Å². The Morgan fingerprint density at radius 3 is 0.724 bits per heavy atom. The van der Waals surface area contributed by atoms with Crippen LogP contribution in [0.15, 0.2) is 497 Å². The van der Waals surface area contributed by atoms with Crippen molar-refractivity contribution in [1.29, 1.82) is 0 Å². The molecule has 0 aliphatic heterocycles. The number of benzene rings is 20. The summed E-state index contributed by atoms with van der Waals surface area (Å²) in [7, 11) is 0. The summed E-state index contributed by atoms with van der Waals surface area (Å²) in [6, 6.07) is 182. The van der Waals surface area contributed by atoms with Crippen LogP contribution in [-0.4, -0.2) is 0 Å². The molecule has 6 aliphatic rings. The van der Waals surface area contributed by atoms with Gasteiger partial charge in [0, 0.05) is 33.3 Å². The Kier molecular flexibility index (Phi) is 17.9. The lowest BCUT2D eigenvalue weighted by Gasteiger charge is -2.50. The van der Waals surface area contributed by atoms with E-state index in [9.17, 15) is 0 Å². The van der Waals surface area contributed by atoms with Gasteiger partial charge < -0.3 is 10.2 Å². The Labute approximate surface area is 747 Å². The second-order valence-electron chi connectivity index (χ2n) is 34.0. The van der Waals surface area contributed by atoms with E-state index in [0.717, 1.165) is 27.8 Å². The molecule has 20 aromatic carbocycles. The molecule has 0 saturated heterocycles. The maximum Gasteiger partial charge on any atom is 0.0740 e. The number of hydrogen-bond acceptors (Lipinski definition) is 2. The van der Waals surface area contributed by atoms with Crippen molar-refractivity contribution >= 4 is 40.0 Å². The maximum atomic E-state index is 7.43. The van der Waals surface area contributed by atoms with E-state index in [4.69, 9.17) is 11.6 Å². The molecule has 0 atom stereocenters. The van der Waals surface area contributed by atoms with E-state index in [1.807, 2.05) is 24.3 Å². The molecule has 20 aromatic rings. The summed E-state index contributed by atoms with van der Waals surface area (Å²) in [6.07, 6.45) is 0. The molecule has 0 bridgehead atoms. The first-order valence-electron chi connectivity index (χ1n) is 44.0. The molecule has 0 heterocycles. The minimum Gasteiger partial charge on any atom is -0.356 e. The van der Waals surface area contributed by atoms with Gasteiger partial charge in [0.05, 0.1) is 27.3 Å². The van der Waals surface area contributed by atoms with Crippen LogP contribution in [0.4, 0.5) is 28.4 Å². The maximum absolute atomic E-state index is 7.43.